The van der Waals surface area contributed by atoms with E-state index in [-0.39, 0.29) is 12.1 Å². The Kier molecular flexibility index (Phi) is 5.21. The molecule has 1 aromatic carbocycles. The molecule has 1 aliphatic heterocycles. The van der Waals surface area contributed by atoms with Crippen molar-refractivity contribution in [1.82, 2.24) is 10.2 Å². The molecule has 1 aliphatic carbocycles. The zero-order valence-electron chi connectivity index (χ0n) is 14.4. The minimum absolute atomic E-state index is 0.0714. The number of aryl methyl sites for hydroxylation is 2. The molecule has 126 valence electrons. The van der Waals surface area contributed by atoms with Gasteiger partial charge in [0.25, 0.3) is 0 Å². The number of benzene rings is 1. The van der Waals surface area contributed by atoms with Crippen LogP contribution in [0.4, 0.5) is 10.5 Å². The molecule has 1 heterocycles. The maximum Gasteiger partial charge on any atom is 0.319 e. The second-order valence-corrected chi connectivity index (χ2v) is 7.14. The number of amides is 2. The number of carbonyl (C=O) groups excluding carboxylic acids is 1. The number of rotatable bonds is 3. The van der Waals surface area contributed by atoms with Gasteiger partial charge in [-0.1, -0.05) is 37.5 Å². The third-order valence-corrected chi connectivity index (χ3v) is 5.37. The fraction of sp³-hybridized carbons (Fsp3) is 0.632. The molecule has 23 heavy (non-hydrogen) atoms. The van der Waals surface area contributed by atoms with E-state index in [1.54, 1.807) is 0 Å². The molecule has 0 spiro atoms. The van der Waals surface area contributed by atoms with Crippen LogP contribution in [-0.4, -0.2) is 36.1 Å². The van der Waals surface area contributed by atoms with Crippen molar-refractivity contribution < 1.29 is 4.79 Å². The lowest BCUT2D eigenvalue weighted by Crippen LogP contribution is -2.42. The van der Waals surface area contributed by atoms with E-state index in [0.29, 0.717) is 0 Å². The molecule has 0 bridgehead atoms. The Morgan fingerprint density at radius 3 is 2.48 bits per heavy atom. The lowest BCUT2D eigenvalue weighted by atomic mass is 9.94. The summed E-state index contributed by atoms with van der Waals surface area (Å²) in [4.78, 5) is 14.9. The molecule has 1 atom stereocenters. The molecule has 2 N–H and O–H groups in total. The van der Waals surface area contributed by atoms with E-state index in [2.05, 4.69) is 15.5 Å². The van der Waals surface area contributed by atoms with Gasteiger partial charge in [0.15, 0.2) is 0 Å². The van der Waals surface area contributed by atoms with Crippen LogP contribution in [0.15, 0.2) is 18.2 Å². The number of carbonyl (C=O) groups is 1. The highest BCUT2D eigenvalue weighted by Crippen LogP contribution is 2.26. The second kappa shape index (κ2) is 7.35. The van der Waals surface area contributed by atoms with Gasteiger partial charge in [-0.3, -0.25) is 4.90 Å². The molecule has 0 unspecified atom stereocenters. The van der Waals surface area contributed by atoms with E-state index in [0.717, 1.165) is 42.4 Å². The van der Waals surface area contributed by atoms with Crippen LogP contribution >= 0.6 is 0 Å². The van der Waals surface area contributed by atoms with E-state index >= 15 is 0 Å². The fourth-order valence-corrected chi connectivity index (χ4v) is 4.03. The molecule has 2 amide bonds. The van der Waals surface area contributed by atoms with Crippen molar-refractivity contribution in [3.8, 4) is 0 Å². The summed E-state index contributed by atoms with van der Waals surface area (Å²) in [6, 6.07) is 7.04. The summed E-state index contributed by atoms with van der Waals surface area (Å²) >= 11 is 0. The smallest absolute Gasteiger partial charge is 0.319 e. The first-order valence-electron chi connectivity index (χ1n) is 9.01. The van der Waals surface area contributed by atoms with Gasteiger partial charge in [0, 0.05) is 30.9 Å². The van der Waals surface area contributed by atoms with E-state index in [1.165, 1.54) is 32.1 Å². The summed E-state index contributed by atoms with van der Waals surface area (Å²) < 4.78 is 0. The predicted octanol–water partition coefficient (Wildman–Crippen LogP) is 3.83. The standard InChI is InChI=1S/C19H29N3O/c1-14-7-6-8-15(2)18(14)21-19(23)20-16-11-12-22(13-16)17-9-4-3-5-10-17/h6-8,16-17H,3-5,9-13H2,1-2H3,(H2,20,21,23)/t16-/m1/s1. The molecular weight excluding hydrogens is 286 g/mol. The molecule has 3 rings (SSSR count). The van der Waals surface area contributed by atoms with E-state index in [4.69, 9.17) is 0 Å². The number of hydrogen-bond donors (Lipinski definition) is 2. The summed E-state index contributed by atoms with van der Waals surface area (Å²) in [5.74, 6) is 0. The lowest BCUT2D eigenvalue weighted by Gasteiger charge is -2.31. The number of likely N-dealkylation sites (tertiary alicyclic amines) is 1. The van der Waals surface area contributed by atoms with Crippen LogP contribution in [0.5, 0.6) is 0 Å². The highest BCUT2D eigenvalue weighted by molar-refractivity contribution is 5.91. The molecule has 1 aromatic rings. The zero-order valence-corrected chi connectivity index (χ0v) is 14.4. The minimum Gasteiger partial charge on any atom is -0.334 e. The summed E-state index contributed by atoms with van der Waals surface area (Å²) in [5.41, 5.74) is 3.15. The minimum atomic E-state index is -0.0714. The molecule has 1 saturated heterocycles. The average Bonchev–Trinajstić information content (AvgIpc) is 3.00. The predicted molar refractivity (Wildman–Crippen MR) is 94.9 cm³/mol. The maximum atomic E-state index is 12.3. The number of urea groups is 1. The van der Waals surface area contributed by atoms with E-state index in [1.807, 2.05) is 32.0 Å². The molecule has 1 saturated carbocycles. The maximum absolute atomic E-state index is 12.3. The van der Waals surface area contributed by atoms with Crippen LogP contribution < -0.4 is 10.6 Å². The molecule has 0 aromatic heterocycles. The van der Waals surface area contributed by atoms with Gasteiger partial charge < -0.3 is 10.6 Å². The molecule has 0 radical (unpaired) electrons. The Morgan fingerprint density at radius 2 is 1.78 bits per heavy atom. The van der Waals surface area contributed by atoms with Crippen molar-refractivity contribution in [3.05, 3.63) is 29.3 Å². The normalized spacial score (nSPS) is 23.0. The number of nitrogens with zero attached hydrogens (tertiary/aromatic N) is 1. The summed E-state index contributed by atoms with van der Waals surface area (Å²) in [5, 5.41) is 6.19. The quantitative estimate of drug-likeness (QED) is 0.890. The topological polar surface area (TPSA) is 44.4 Å². The fourth-order valence-electron chi connectivity index (χ4n) is 4.03. The zero-order chi connectivity index (χ0) is 16.2. The van der Waals surface area contributed by atoms with Gasteiger partial charge in [-0.25, -0.2) is 4.79 Å². The van der Waals surface area contributed by atoms with Gasteiger partial charge in [-0.2, -0.15) is 0 Å². The Morgan fingerprint density at radius 1 is 1.09 bits per heavy atom. The van der Waals surface area contributed by atoms with E-state index in [9.17, 15) is 4.79 Å². The second-order valence-electron chi connectivity index (χ2n) is 7.14. The van der Waals surface area contributed by atoms with Crippen LogP contribution in [0.3, 0.4) is 0 Å². The number of para-hydroxylation sites is 1. The Bertz CT molecular complexity index is 531. The largest absolute Gasteiger partial charge is 0.334 e. The van der Waals surface area contributed by atoms with Crippen LogP contribution in [0.1, 0.15) is 49.7 Å². The molecule has 4 heteroatoms. The van der Waals surface area contributed by atoms with Crippen molar-refractivity contribution in [3.63, 3.8) is 0 Å². The molecule has 4 nitrogen and oxygen atoms in total. The van der Waals surface area contributed by atoms with Crippen molar-refractivity contribution >= 4 is 11.7 Å². The van der Waals surface area contributed by atoms with Crippen LogP contribution in [0.2, 0.25) is 0 Å². The van der Waals surface area contributed by atoms with Crippen molar-refractivity contribution in [1.29, 1.82) is 0 Å². The van der Waals surface area contributed by atoms with Gasteiger partial charge in [-0.05, 0) is 44.2 Å². The van der Waals surface area contributed by atoms with Crippen molar-refractivity contribution in [2.24, 2.45) is 0 Å². The van der Waals surface area contributed by atoms with Crippen molar-refractivity contribution in [2.45, 2.75) is 64.5 Å². The van der Waals surface area contributed by atoms with Crippen LogP contribution in [0.25, 0.3) is 0 Å². The summed E-state index contributed by atoms with van der Waals surface area (Å²) in [7, 11) is 0. The van der Waals surface area contributed by atoms with Gasteiger partial charge in [-0.15, -0.1) is 0 Å². The van der Waals surface area contributed by atoms with Gasteiger partial charge in [0.2, 0.25) is 0 Å². The number of hydrogen-bond acceptors (Lipinski definition) is 2. The van der Waals surface area contributed by atoms with Crippen molar-refractivity contribution in [2.75, 3.05) is 18.4 Å². The Labute approximate surface area is 139 Å². The van der Waals surface area contributed by atoms with Gasteiger partial charge in [0.1, 0.15) is 0 Å². The Balaban J connectivity index is 1.51. The van der Waals surface area contributed by atoms with Crippen LogP contribution in [-0.2, 0) is 0 Å². The summed E-state index contributed by atoms with van der Waals surface area (Å²) in [6.07, 6.45) is 7.86. The number of anilines is 1. The van der Waals surface area contributed by atoms with E-state index < -0.39 is 0 Å². The van der Waals surface area contributed by atoms with Crippen LogP contribution in [0, 0.1) is 13.8 Å². The summed E-state index contributed by atoms with van der Waals surface area (Å²) in [6.45, 7) is 6.19. The Hall–Kier alpha value is -1.55. The molecular formula is C19H29N3O. The lowest BCUT2D eigenvalue weighted by molar-refractivity contribution is 0.187. The average molecular weight is 315 g/mol. The van der Waals surface area contributed by atoms with Gasteiger partial charge >= 0.3 is 6.03 Å². The highest BCUT2D eigenvalue weighted by Gasteiger charge is 2.29. The van der Waals surface area contributed by atoms with Gasteiger partial charge in [0.05, 0.1) is 0 Å². The third-order valence-electron chi connectivity index (χ3n) is 5.37. The first-order chi connectivity index (χ1) is 11.1. The molecule has 2 fully saturated rings. The monoisotopic (exact) mass is 315 g/mol. The number of nitrogens with one attached hydrogen (secondary N) is 2. The first kappa shape index (κ1) is 16.3. The first-order valence-corrected chi connectivity index (χ1v) is 9.01. The third kappa shape index (κ3) is 4.05. The highest BCUT2D eigenvalue weighted by atomic mass is 16.2. The SMILES string of the molecule is Cc1cccc(C)c1NC(=O)N[C@@H]1CCN(C2CCCCC2)C1. The molecule has 2 aliphatic rings.